The molecule has 26 heavy (non-hydrogen) atoms. The zero-order chi connectivity index (χ0) is 19.2. The van der Waals surface area contributed by atoms with Crippen molar-refractivity contribution in [3.63, 3.8) is 0 Å². The number of rotatable bonds is 7. The molecule has 0 unspecified atom stereocenters. The van der Waals surface area contributed by atoms with Gasteiger partial charge in [-0.15, -0.1) is 0 Å². The van der Waals surface area contributed by atoms with Crippen LogP contribution < -0.4 is 0 Å². The molecule has 146 valence electrons. The molecule has 1 aliphatic carbocycles. The fourth-order valence-electron chi connectivity index (χ4n) is 4.07. The molecule has 1 atom stereocenters. The molecule has 1 amide bonds. The molecular weight excluding hydrogens is 326 g/mol. The van der Waals surface area contributed by atoms with Crippen molar-refractivity contribution < 1.29 is 14.6 Å². The minimum atomic E-state index is -0.900. The van der Waals surface area contributed by atoms with Gasteiger partial charge in [-0.2, -0.15) is 0 Å². The summed E-state index contributed by atoms with van der Waals surface area (Å²) < 4.78 is 5.94. The molecule has 0 bridgehead atoms. The lowest BCUT2D eigenvalue weighted by Crippen LogP contribution is -2.50. The van der Waals surface area contributed by atoms with Crippen LogP contribution in [-0.4, -0.2) is 39.9 Å². The lowest BCUT2D eigenvalue weighted by atomic mass is 9.79. The number of hydrogen-bond acceptors (Lipinski definition) is 3. The molecule has 1 aliphatic rings. The number of aryl methyl sites for hydroxylation is 1. The van der Waals surface area contributed by atoms with Crippen molar-refractivity contribution in [1.29, 1.82) is 0 Å². The average Bonchev–Trinajstić information content (AvgIpc) is 2.59. The van der Waals surface area contributed by atoms with E-state index in [1.807, 2.05) is 45.9 Å². The highest BCUT2D eigenvalue weighted by Crippen LogP contribution is 2.35. The van der Waals surface area contributed by atoms with Crippen molar-refractivity contribution in [1.82, 2.24) is 4.90 Å². The predicted octanol–water partition coefficient (Wildman–Crippen LogP) is 4.94. The highest BCUT2D eigenvalue weighted by Gasteiger charge is 2.41. The average molecular weight is 362 g/mol. The van der Waals surface area contributed by atoms with E-state index in [9.17, 15) is 9.90 Å². The summed E-state index contributed by atoms with van der Waals surface area (Å²) in [6, 6.07) is 10.3. The summed E-state index contributed by atoms with van der Waals surface area (Å²) in [6.45, 7) is 7.98. The first kappa shape index (κ1) is 20.8. The third-order valence-corrected chi connectivity index (χ3v) is 5.42. The van der Waals surface area contributed by atoms with Gasteiger partial charge in [0.2, 0.25) is 0 Å². The number of amides is 1. The Balaban J connectivity index is 2.12. The maximum absolute atomic E-state index is 12.8. The number of aliphatic hydroxyl groups is 1. The van der Waals surface area contributed by atoms with E-state index in [-0.39, 0.29) is 18.2 Å². The van der Waals surface area contributed by atoms with Gasteiger partial charge >= 0.3 is 6.09 Å². The Labute approximate surface area is 158 Å². The van der Waals surface area contributed by atoms with E-state index in [0.29, 0.717) is 19.3 Å². The SMILES string of the molecule is CC(C)N(C(=O)O[C@H](CCc1ccccc1)C1(O)CCCCC1)C(C)C. The molecule has 0 aliphatic heterocycles. The Morgan fingerprint density at radius 3 is 2.19 bits per heavy atom. The number of carbonyl (C=O) groups is 1. The number of ether oxygens (including phenoxy) is 1. The van der Waals surface area contributed by atoms with E-state index in [2.05, 4.69) is 12.1 Å². The Morgan fingerprint density at radius 1 is 1.08 bits per heavy atom. The van der Waals surface area contributed by atoms with Gasteiger partial charge in [0, 0.05) is 12.1 Å². The summed E-state index contributed by atoms with van der Waals surface area (Å²) in [6.07, 6.45) is 5.23. The van der Waals surface area contributed by atoms with Crippen LogP contribution in [0.3, 0.4) is 0 Å². The van der Waals surface area contributed by atoms with E-state index in [0.717, 1.165) is 25.7 Å². The van der Waals surface area contributed by atoms with Crippen molar-refractivity contribution in [2.24, 2.45) is 0 Å². The smallest absolute Gasteiger partial charge is 0.410 e. The molecule has 0 heterocycles. The van der Waals surface area contributed by atoms with Crippen molar-refractivity contribution >= 4 is 6.09 Å². The van der Waals surface area contributed by atoms with Gasteiger partial charge in [-0.25, -0.2) is 4.79 Å². The van der Waals surface area contributed by atoms with Crippen molar-refractivity contribution in [3.05, 3.63) is 35.9 Å². The van der Waals surface area contributed by atoms with E-state index in [1.165, 1.54) is 5.56 Å². The third-order valence-electron chi connectivity index (χ3n) is 5.42. The summed E-state index contributed by atoms with van der Waals surface area (Å²) in [7, 11) is 0. The van der Waals surface area contributed by atoms with E-state index in [4.69, 9.17) is 4.74 Å². The standard InChI is InChI=1S/C22H35NO3/c1-17(2)23(18(3)4)21(24)26-20(22(25)15-9-6-10-16-22)14-13-19-11-7-5-8-12-19/h5,7-8,11-12,17-18,20,25H,6,9-10,13-16H2,1-4H3/t20-/m1/s1. The topological polar surface area (TPSA) is 49.8 Å². The van der Waals surface area contributed by atoms with Gasteiger partial charge in [0.1, 0.15) is 11.7 Å². The first-order valence-corrected chi connectivity index (χ1v) is 10.1. The van der Waals surface area contributed by atoms with Crippen LogP contribution >= 0.6 is 0 Å². The molecule has 1 aromatic carbocycles. The maximum atomic E-state index is 12.8. The minimum Gasteiger partial charge on any atom is -0.443 e. The van der Waals surface area contributed by atoms with Gasteiger partial charge in [0.05, 0.1) is 0 Å². The van der Waals surface area contributed by atoms with Crippen molar-refractivity contribution in [2.75, 3.05) is 0 Å². The molecule has 1 N–H and O–H groups in total. The lowest BCUT2D eigenvalue weighted by molar-refractivity contribution is -0.110. The first-order valence-electron chi connectivity index (χ1n) is 10.1. The van der Waals surface area contributed by atoms with Crippen LogP contribution in [0, 0.1) is 0 Å². The van der Waals surface area contributed by atoms with Crippen LogP contribution in [0.15, 0.2) is 30.3 Å². The number of hydrogen-bond donors (Lipinski definition) is 1. The van der Waals surface area contributed by atoms with Gasteiger partial charge in [0.25, 0.3) is 0 Å². The molecular formula is C22H35NO3. The normalized spacial score (nSPS) is 18.0. The molecule has 0 saturated heterocycles. The summed E-state index contributed by atoms with van der Waals surface area (Å²) >= 11 is 0. The Bertz CT molecular complexity index is 542. The van der Waals surface area contributed by atoms with Gasteiger partial charge in [-0.05, 0) is 58.9 Å². The zero-order valence-corrected chi connectivity index (χ0v) is 16.8. The molecule has 1 aromatic rings. The number of carbonyl (C=O) groups excluding carboxylic acids is 1. The Morgan fingerprint density at radius 2 is 1.65 bits per heavy atom. The van der Waals surface area contributed by atoms with Gasteiger partial charge in [-0.3, -0.25) is 0 Å². The van der Waals surface area contributed by atoms with Gasteiger partial charge in [0.15, 0.2) is 0 Å². The largest absolute Gasteiger partial charge is 0.443 e. The minimum absolute atomic E-state index is 0.0678. The third kappa shape index (κ3) is 5.47. The lowest BCUT2D eigenvalue weighted by Gasteiger charge is -2.40. The summed E-state index contributed by atoms with van der Waals surface area (Å²) in [5.74, 6) is 0. The van der Waals surface area contributed by atoms with Crippen molar-refractivity contribution in [2.45, 2.75) is 96.4 Å². The second-order valence-corrected chi connectivity index (χ2v) is 8.16. The second-order valence-electron chi connectivity index (χ2n) is 8.16. The van der Waals surface area contributed by atoms with Crippen molar-refractivity contribution in [3.8, 4) is 0 Å². The molecule has 0 aromatic heterocycles. The summed E-state index contributed by atoms with van der Waals surface area (Å²) in [5.41, 5.74) is 0.306. The molecule has 4 heteroatoms. The van der Waals surface area contributed by atoms with Crippen LogP contribution in [0.4, 0.5) is 4.79 Å². The fourth-order valence-corrected chi connectivity index (χ4v) is 4.07. The predicted molar refractivity (Wildman–Crippen MR) is 105 cm³/mol. The molecule has 4 nitrogen and oxygen atoms in total. The van der Waals surface area contributed by atoms with E-state index in [1.54, 1.807) is 4.90 Å². The first-order chi connectivity index (χ1) is 12.3. The van der Waals surface area contributed by atoms with Crippen LogP contribution in [0.2, 0.25) is 0 Å². The highest BCUT2D eigenvalue weighted by atomic mass is 16.6. The molecule has 2 rings (SSSR count). The van der Waals surface area contributed by atoms with E-state index < -0.39 is 11.7 Å². The summed E-state index contributed by atoms with van der Waals surface area (Å²) in [4.78, 5) is 14.6. The van der Waals surface area contributed by atoms with E-state index >= 15 is 0 Å². The highest BCUT2D eigenvalue weighted by molar-refractivity contribution is 5.68. The maximum Gasteiger partial charge on any atom is 0.410 e. The molecule has 1 fully saturated rings. The van der Waals surface area contributed by atoms with Gasteiger partial charge < -0.3 is 14.7 Å². The quantitative estimate of drug-likeness (QED) is 0.748. The molecule has 1 saturated carbocycles. The van der Waals surface area contributed by atoms with Gasteiger partial charge in [-0.1, -0.05) is 49.6 Å². The van der Waals surface area contributed by atoms with Crippen LogP contribution in [0.25, 0.3) is 0 Å². The van der Waals surface area contributed by atoms with Crippen LogP contribution in [0.1, 0.15) is 71.8 Å². The zero-order valence-electron chi connectivity index (χ0n) is 16.8. The Kier molecular flexibility index (Phi) is 7.51. The Hall–Kier alpha value is -1.55. The number of nitrogens with zero attached hydrogens (tertiary/aromatic N) is 1. The number of benzene rings is 1. The van der Waals surface area contributed by atoms with Crippen LogP contribution in [-0.2, 0) is 11.2 Å². The second kappa shape index (κ2) is 9.40. The molecule has 0 radical (unpaired) electrons. The van der Waals surface area contributed by atoms with Crippen LogP contribution in [0.5, 0.6) is 0 Å². The fraction of sp³-hybridized carbons (Fsp3) is 0.682. The molecule has 0 spiro atoms. The summed E-state index contributed by atoms with van der Waals surface area (Å²) in [5, 5.41) is 11.2. The monoisotopic (exact) mass is 361 g/mol.